The molecule has 1 unspecified atom stereocenters. The van der Waals surface area contributed by atoms with Gasteiger partial charge in [0, 0.05) is 18.3 Å². The van der Waals surface area contributed by atoms with Crippen molar-refractivity contribution in [3.8, 4) is 0 Å². The summed E-state index contributed by atoms with van der Waals surface area (Å²) in [7, 11) is 0. The zero-order valence-corrected chi connectivity index (χ0v) is 9.64. The predicted octanol–water partition coefficient (Wildman–Crippen LogP) is 2.98. The highest BCUT2D eigenvalue weighted by molar-refractivity contribution is 5.55. The third kappa shape index (κ3) is 3.18. The van der Waals surface area contributed by atoms with Gasteiger partial charge in [0.1, 0.15) is 0 Å². The Bertz CT molecular complexity index is 355. The average molecular weight is 223 g/mol. The fourth-order valence-corrected chi connectivity index (χ4v) is 1.58. The smallest absolute Gasteiger partial charge is 0.311 e. The van der Waals surface area contributed by atoms with Gasteiger partial charge in [0.2, 0.25) is 5.82 Å². The van der Waals surface area contributed by atoms with E-state index in [0.29, 0.717) is 5.82 Å². The van der Waals surface area contributed by atoms with Crippen LogP contribution >= 0.6 is 0 Å². The Hall–Kier alpha value is -1.65. The second-order valence-corrected chi connectivity index (χ2v) is 3.67. The van der Waals surface area contributed by atoms with E-state index in [1.54, 1.807) is 12.3 Å². The molecule has 1 aromatic rings. The summed E-state index contributed by atoms with van der Waals surface area (Å²) >= 11 is 0. The van der Waals surface area contributed by atoms with E-state index in [1.807, 2.05) is 0 Å². The van der Waals surface area contributed by atoms with Gasteiger partial charge in [0.05, 0.1) is 4.92 Å². The Morgan fingerprint density at radius 2 is 2.31 bits per heavy atom. The number of aromatic nitrogens is 1. The topological polar surface area (TPSA) is 68.1 Å². The van der Waals surface area contributed by atoms with E-state index in [1.165, 1.54) is 6.07 Å². The molecule has 1 aromatic heterocycles. The summed E-state index contributed by atoms with van der Waals surface area (Å²) in [6.45, 7) is 4.15. The van der Waals surface area contributed by atoms with Crippen LogP contribution in [0.4, 0.5) is 11.5 Å². The summed E-state index contributed by atoms with van der Waals surface area (Å²) in [5.41, 5.74) is 0.0389. The quantitative estimate of drug-likeness (QED) is 0.594. The Morgan fingerprint density at radius 1 is 1.56 bits per heavy atom. The molecule has 0 aromatic carbocycles. The van der Waals surface area contributed by atoms with E-state index in [0.717, 1.165) is 19.3 Å². The number of pyridine rings is 1. The van der Waals surface area contributed by atoms with Crippen LogP contribution in [0.15, 0.2) is 18.3 Å². The van der Waals surface area contributed by atoms with E-state index < -0.39 is 4.92 Å². The van der Waals surface area contributed by atoms with Gasteiger partial charge in [0.15, 0.2) is 0 Å². The summed E-state index contributed by atoms with van der Waals surface area (Å²) in [6.07, 6.45) is 4.53. The third-order valence-electron chi connectivity index (χ3n) is 2.45. The minimum absolute atomic E-state index is 0.0389. The maximum atomic E-state index is 10.8. The molecular formula is C11H17N3O2. The van der Waals surface area contributed by atoms with Gasteiger partial charge in [-0.1, -0.05) is 20.3 Å². The maximum Gasteiger partial charge on any atom is 0.311 e. The number of nitrogens with zero attached hydrogens (tertiary/aromatic N) is 2. The molecule has 0 amide bonds. The molecule has 0 bridgehead atoms. The van der Waals surface area contributed by atoms with Crippen molar-refractivity contribution in [1.29, 1.82) is 0 Å². The molecule has 5 nitrogen and oxygen atoms in total. The van der Waals surface area contributed by atoms with Crippen LogP contribution in [-0.4, -0.2) is 15.9 Å². The molecule has 1 heterocycles. The lowest BCUT2D eigenvalue weighted by Gasteiger charge is -2.16. The van der Waals surface area contributed by atoms with Crippen molar-refractivity contribution in [2.45, 2.75) is 39.2 Å². The lowest BCUT2D eigenvalue weighted by Crippen LogP contribution is -2.19. The highest BCUT2D eigenvalue weighted by atomic mass is 16.6. The number of hydrogen-bond donors (Lipinski definition) is 1. The zero-order valence-electron chi connectivity index (χ0n) is 9.64. The maximum absolute atomic E-state index is 10.8. The van der Waals surface area contributed by atoms with Crippen LogP contribution in [0.3, 0.4) is 0 Å². The van der Waals surface area contributed by atoms with Gasteiger partial charge in [-0.15, -0.1) is 0 Å². The predicted molar refractivity (Wildman–Crippen MR) is 63.5 cm³/mol. The van der Waals surface area contributed by atoms with Gasteiger partial charge in [-0.2, -0.15) is 0 Å². The lowest BCUT2D eigenvalue weighted by atomic mass is 10.1. The molecule has 0 spiro atoms. The van der Waals surface area contributed by atoms with Crippen molar-refractivity contribution in [2.24, 2.45) is 0 Å². The molecule has 0 saturated heterocycles. The highest BCUT2D eigenvalue weighted by Crippen LogP contribution is 2.22. The standard InChI is InChI=1S/C11H17N3O2/c1-3-6-9(4-2)13-11-10(14(15)16)7-5-8-12-11/h5,7-9H,3-4,6H2,1-2H3,(H,12,13). The molecule has 16 heavy (non-hydrogen) atoms. The third-order valence-corrected chi connectivity index (χ3v) is 2.45. The average Bonchev–Trinajstić information content (AvgIpc) is 2.29. The molecule has 0 aliphatic rings. The second kappa shape index (κ2) is 6.05. The van der Waals surface area contributed by atoms with Crippen molar-refractivity contribution >= 4 is 11.5 Å². The summed E-state index contributed by atoms with van der Waals surface area (Å²) in [4.78, 5) is 14.4. The molecule has 1 atom stereocenters. The molecular weight excluding hydrogens is 206 g/mol. The second-order valence-electron chi connectivity index (χ2n) is 3.67. The zero-order chi connectivity index (χ0) is 12.0. The molecule has 0 aliphatic heterocycles. The molecule has 0 radical (unpaired) electrons. The molecule has 0 saturated carbocycles. The Morgan fingerprint density at radius 3 is 2.88 bits per heavy atom. The number of rotatable bonds is 6. The van der Waals surface area contributed by atoms with Crippen molar-refractivity contribution in [1.82, 2.24) is 4.98 Å². The molecule has 1 rings (SSSR count). The molecule has 1 N–H and O–H groups in total. The van der Waals surface area contributed by atoms with Crippen molar-refractivity contribution in [3.63, 3.8) is 0 Å². The summed E-state index contributed by atoms with van der Waals surface area (Å²) in [5.74, 6) is 0.368. The first-order valence-corrected chi connectivity index (χ1v) is 5.55. The number of hydrogen-bond acceptors (Lipinski definition) is 4. The first-order valence-electron chi connectivity index (χ1n) is 5.55. The highest BCUT2D eigenvalue weighted by Gasteiger charge is 2.16. The fraction of sp³-hybridized carbons (Fsp3) is 0.545. The Kier molecular flexibility index (Phi) is 4.69. The molecule has 0 aliphatic carbocycles. The first kappa shape index (κ1) is 12.4. The number of nitro groups is 1. The van der Waals surface area contributed by atoms with Gasteiger partial charge in [0.25, 0.3) is 0 Å². The van der Waals surface area contributed by atoms with Gasteiger partial charge in [-0.25, -0.2) is 4.98 Å². The minimum atomic E-state index is -0.409. The molecule has 5 heteroatoms. The largest absolute Gasteiger partial charge is 0.362 e. The normalized spacial score (nSPS) is 12.1. The van der Waals surface area contributed by atoms with Gasteiger partial charge in [-0.3, -0.25) is 10.1 Å². The Labute approximate surface area is 95.0 Å². The van der Waals surface area contributed by atoms with Crippen LogP contribution in [0.2, 0.25) is 0 Å². The van der Waals surface area contributed by atoms with Gasteiger partial charge < -0.3 is 5.32 Å². The van der Waals surface area contributed by atoms with Crippen molar-refractivity contribution in [3.05, 3.63) is 28.4 Å². The molecule has 88 valence electrons. The minimum Gasteiger partial charge on any atom is -0.362 e. The fourth-order valence-electron chi connectivity index (χ4n) is 1.58. The van der Waals surface area contributed by atoms with Crippen LogP contribution < -0.4 is 5.32 Å². The van der Waals surface area contributed by atoms with Gasteiger partial charge >= 0.3 is 5.69 Å². The number of nitrogens with one attached hydrogen (secondary N) is 1. The van der Waals surface area contributed by atoms with E-state index >= 15 is 0 Å². The van der Waals surface area contributed by atoms with Crippen LogP contribution in [0.1, 0.15) is 33.1 Å². The van der Waals surface area contributed by atoms with Crippen LogP contribution in [0.25, 0.3) is 0 Å². The van der Waals surface area contributed by atoms with Gasteiger partial charge in [-0.05, 0) is 18.9 Å². The SMILES string of the molecule is CCCC(CC)Nc1ncccc1[N+](=O)[O-]. The van der Waals surface area contributed by atoms with Crippen molar-refractivity contribution < 1.29 is 4.92 Å². The number of anilines is 1. The molecule has 0 fully saturated rings. The van der Waals surface area contributed by atoms with E-state index in [-0.39, 0.29) is 11.7 Å². The van der Waals surface area contributed by atoms with E-state index in [2.05, 4.69) is 24.1 Å². The van der Waals surface area contributed by atoms with E-state index in [4.69, 9.17) is 0 Å². The van der Waals surface area contributed by atoms with E-state index in [9.17, 15) is 10.1 Å². The van der Waals surface area contributed by atoms with Crippen LogP contribution in [-0.2, 0) is 0 Å². The van der Waals surface area contributed by atoms with Crippen molar-refractivity contribution in [2.75, 3.05) is 5.32 Å². The summed E-state index contributed by atoms with van der Waals surface area (Å²) in [5, 5.41) is 13.9. The van der Waals surface area contributed by atoms with Crippen LogP contribution in [0, 0.1) is 10.1 Å². The summed E-state index contributed by atoms with van der Waals surface area (Å²) in [6, 6.07) is 3.29. The lowest BCUT2D eigenvalue weighted by molar-refractivity contribution is -0.384. The Balaban J connectivity index is 2.82. The van der Waals surface area contributed by atoms with Crippen LogP contribution in [0.5, 0.6) is 0 Å². The monoisotopic (exact) mass is 223 g/mol. The summed E-state index contributed by atoms with van der Waals surface area (Å²) < 4.78 is 0. The first-order chi connectivity index (χ1) is 7.69.